The van der Waals surface area contributed by atoms with E-state index in [2.05, 4.69) is 37.3 Å². The molecule has 2 amide bonds. The Bertz CT molecular complexity index is 1230. The first-order valence-electron chi connectivity index (χ1n) is 10.9. The molecule has 3 aromatic rings. The number of carbonyl (C=O) groups is 2. The molecule has 0 radical (unpaired) electrons. The van der Waals surface area contributed by atoms with Gasteiger partial charge in [-0.05, 0) is 60.4 Å². The molecular formula is C27H23NO3. The minimum absolute atomic E-state index is 0.0778. The van der Waals surface area contributed by atoms with Gasteiger partial charge in [-0.3, -0.25) is 9.59 Å². The van der Waals surface area contributed by atoms with Crippen LogP contribution >= 0.6 is 0 Å². The molecule has 3 aromatic carbocycles. The smallest absolute Gasteiger partial charge is 0.238 e. The van der Waals surface area contributed by atoms with E-state index in [0.717, 1.165) is 5.75 Å². The van der Waals surface area contributed by atoms with Gasteiger partial charge in [0.05, 0.1) is 24.1 Å². The fraction of sp³-hybridized carbons (Fsp3) is 0.259. The topological polar surface area (TPSA) is 46.6 Å². The summed E-state index contributed by atoms with van der Waals surface area (Å²) in [5.41, 5.74) is 6.60. The van der Waals surface area contributed by atoms with Crippen molar-refractivity contribution in [2.45, 2.75) is 25.7 Å². The molecule has 7 rings (SSSR count). The number of anilines is 1. The van der Waals surface area contributed by atoms with E-state index < -0.39 is 0 Å². The van der Waals surface area contributed by atoms with E-state index in [-0.39, 0.29) is 35.5 Å². The van der Waals surface area contributed by atoms with Gasteiger partial charge in [0.15, 0.2) is 0 Å². The molecule has 4 atom stereocenters. The Hall–Kier alpha value is -3.40. The van der Waals surface area contributed by atoms with Crippen molar-refractivity contribution in [3.8, 4) is 5.75 Å². The number of rotatable bonds is 3. The lowest BCUT2D eigenvalue weighted by Crippen LogP contribution is -2.41. The molecule has 4 aliphatic rings. The lowest BCUT2D eigenvalue weighted by Gasteiger charge is -2.46. The maximum absolute atomic E-state index is 13.7. The maximum atomic E-state index is 13.7. The molecule has 154 valence electrons. The summed E-state index contributed by atoms with van der Waals surface area (Å²) in [6, 6.07) is 22.1. The predicted octanol–water partition coefficient (Wildman–Crippen LogP) is 4.79. The molecule has 3 aliphatic carbocycles. The Balaban J connectivity index is 1.50. The summed E-state index contributed by atoms with van der Waals surface area (Å²) < 4.78 is 5.52. The summed E-state index contributed by atoms with van der Waals surface area (Å²) in [6.45, 7) is 4.59. The number of nitrogens with zero attached hydrogens (tertiary/aromatic N) is 1. The summed E-state index contributed by atoms with van der Waals surface area (Å²) in [5.74, 6) is -0.303. The number of amides is 2. The Labute approximate surface area is 181 Å². The molecule has 0 aromatic heterocycles. The highest BCUT2D eigenvalue weighted by atomic mass is 16.5. The van der Waals surface area contributed by atoms with Crippen LogP contribution in [-0.2, 0) is 9.59 Å². The van der Waals surface area contributed by atoms with E-state index in [1.54, 1.807) is 0 Å². The van der Waals surface area contributed by atoms with Gasteiger partial charge in [-0.1, -0.05) is 48.0 Å². The SMILES string of the molecule is CCOc1ccc(N2C(=O)[C@H]3[C@@H]4c5ccccc5[C@H](c5cc(C)ccc54)[C@@H]3C2=O)cc1. The van der Waals surface area contributed by atoms with E-state index in [1.807, 2.05) is 43.3 Å². The molecule has 1 heterocycles. The zero-order chi connectivity index (χ0) is 21.3. The normalized spacial score (nSPS) is 25.3. The lowest BCUT2D eigenvalue weighted by molar-refractivity contribution is -0.122. The number of hydrogen-bond donors (Lipinski definition) is 0. The lowest BCUT2D eigenvalue weighted by atomic mass is 9.55. The molecule has 1 saturated heterocycles. The third kappa shape index (κ3) is 2.42. The van der Waals surface area contributed by atoms with Crippen LogP contribution in [-0.4, -0.2) is 18.4 Å². The summed E-state index contributed by atoms with van der Waals surface area (Å²) in [7, 11) is 0. The third-order valence-corrected chi connectivity index (χ3v) is 7.10. The molecule has 0 saturated carbocycles. The largest absolute Gasteiger partial charge is 0.494 e. The Morgan fingerprint density at radius 2 is 1.35 bits per heavy atom. The summed E-state index contributed by atoms with van der Waals surface area (Å²) >= 11 is 0. The molecule has 4 nitrogen and oxygen atoms in total. The molecule has 2 bridgehead atoms. The van der Waals surface area contributed by atoms with Crippen LogP contribution in [0.3, 0.4) is 0 Å². The highest BCUT2D eigenvalue weighted by Gasteiger charge is 2.61. The number of benzene rings is 3. The Morgan fingerprint density at radius 1 is 0.774 bits per heavy atom. The van der Waals surface area contributed by atoms with Gasteiger partial charge >= 0.3 is 0 Å². The van der Waals surface area contributed by atoms with Gasteiger partial charge in [0.1, 0.15) is 5.75 Å². The van der Waals surface area contributed by atoms with Crippen LogP contribution < -0.4 is 9.64 Å². The van der Waals surface area contributed by atoms with E-state index in [4.69, 9.17) is 4.74 Å². The van der Waals surface area contributed by atoms with Gasteiger partial charge < -0.3 is 4.74 Å². The van der Waals surface area contributed by atoms with Crippen molar-refractivity contribution in [3.05, 3.63) is 94.5 Å². The first-order chi connectivity index (χ1) is 15.1. The minimum atomic E-state index is -0.353. The molecule has 31 heavy (non-hydrogen) atoms. The van der Waals surface area contributed by atoms with E-state index >= 15 is 0 Å². The first-order valence-corrected chi connectivity index (χ1v) is 10.9. The average Bonchev–Trinajstić information content (AvgIpc) is 3.05. The van der Waals surface area contributed by atoms with Crippen molar-refractivity contribution >= 4 is 17.5 Å². The van der Waals surface area contributed by atoms with Crippen molar-refractivity contribution < 1.29 is 14.3 Å². The standard InChI is InChI=1S/C27H23NO3/c1-3-31-17-11-9-16(10-12-17)28-26(29)24-22-18-6-4-5-7-19(18)23(25(24)27(28)30)21-14-15(2)8-13-20(21)22/h4-14,22-25H,3H2,1-2H3/t22-,23-,24+,25+/m1/s1. The fourth-order valence-electron chi connectivity index (χ4n) is 5.96. The van der Waals surface area contributed by atoms with Gasteiger partial charge in [0.25, 0.3) is 0 Å². The van der Waals surface area contributed by atoms with E-state index in [9.17, 15) is 9.59 Å². The van der Waals surface area contributed by atoms with Crippen LogP contribution in [0.4, 0.5) is 5.69 Å². The third-order valence-electron chi connectivity index (χ3n) is 7.10. The quantitative estimate of drug-likeness (QED) is 0.585. The van der Waals surface area contributed by atoms with E-state index in [0.29, 0.717) is 12.3 Å². The summed E-state index contributed by atoms with van der Waals surface area (Å²) in [6.07, 6.45) is 0. The van der Waals surface area contributed by atoms with Crippen LogP contribution in [0.15, 0.2) is 66.7 Å². The highest BCUT2D eigenvalue weighted by Crippen LogP contribution is 2.61. The molecule has 0 N–H and O–H groups in total. The molecule has 4 heteroatoms. The number of aryl methyl sites for hydroxylation is 1. The molecule has 0 spiro atoms. The van der Waals surface area contributed by atoms with Crippen molar-refractivity contribution in [2.24, 2.45) is 11.8 Å². The highest BCUT2D eigenvalue weighted by molar-refractivity contribution is 6.23. The molecule has 0 unspecified atom stereocenters. The molecular weight excluding hydrogens is 386 g/mol. The van der Waals surface area contributed by atoms with Crippen LogP contribution in [0.25, 0.3) is 0 Å². The predicted molar refractivity (Wildman–Crippen MR) is 118 cm³/mol. The summed E-state index contributed by atoms with van der Waals surface area (Å²) in [5, 5.41) is 0. The van der Waals surface area contributed by atoms with Gasteiger partial charge in [0.2, 0.25) is 11.8 Å². The second-order valence-corrected chi connectivity index (χ2v) is 8.71. The number of ether oxygens (including phenoxy) is 1. The van der Waals surface area contributed by atoms with Gasteiger partial charge in [-0.25, -0.2) is 4.90 Å². The van der Waals surface area contributed by atoms with Gasteiger partial charge in [-0.15, -0.1) is 0 Å². The summed E-state index contributed by atoms with van der Waals surface area (Å²) in [4.78, 5) is 28.9. The van der Waals surface area contributed by atoms with Crippen molar-refractivity contribution in [1.82, 2.24) is 0 Å². The fourth-order valence-corrected chi connectivity index (χ4v) is 5.96. The minimum Gasteiger partial charge on any atom is -0.494 e. The van der Waals surface area contributed by atoms with Crippen LogP contribution in [0.1, 0.15) is 46.6 Å². The second kappa shape index (κ2) is 6.55. The number of imide groups is 1. The van der Waals surface area contributed by atoms with Crippen molar-refractivity contribution in [3.63, 3.8) is 0 Å². The van der Waals surface area contributed by atoms with Crippen LogP contribution in [0.5, 0.6) is 5.75 Å². The number of carbonyl (C=O) groups excluding carboxylic acids is 2. The van der Waals surface area contributed by atoms with Crippen molar-refractivity contribution in [1.29, 1.82) is 0 Å². The van der Waals surface area contributed by atoms with Gasteiger partial charge in [0, 0.05) is 11.8 Å². The molecule has 1 aliphatic heterocycles. The Morgan fingerprint density at radius 3 is 1.97 bits per heavy atom. The van der Waals surface area contributed by atoms with Crippen molar-refractivity contribution in [2.75, 3.05) is 11.5 Å². The van der Waals surface area contributed by atoms with Crippen LogP contribution in [0, 0.1) is 18.8 Å². The van der Waals surface area contributed by atoms with Crippen LogP contribution in [0.2, 0.25) is 0 Å². The number of hydrogen-bond acceptors (Lipinski definition) is 3. The average molecular weight is 409 g/mol. The second-order valence-electron chi connectivity index (χ2n) is 8.71. The Kier molecular flexibility index (Phi) is 3.88. The zero-order valence-electron chi connectivity index (χ0n) is 17.5. The monoisotopic (exact) mass is 409 g/mol. The maximum Gasteiger partial charge on any atom is 0.238 e. The van der Waals surface area contributed by atoms with E-state index in [1.165, 1.54) is 32.7 Å². The zero-order valence-corrected chi connectivity index (χ0v) is 17.5. The molecule has 1 fully saturated rings. The first kappa shape index (κ1) is 18.4. The van der Waals surface area contributed by atoms with Gasteiger partial charge in [-0.2, -0.15) is 0 Å².